The maximum Gasteiger partial charge on any atom is 0.123 e. The maximum atomic E-state index is 12.9. The fourth-order valence-electron chi connectivity index (χ4n) is 1.18. The van der Waals surface area contributed by atoms with Crippen LogP contribution in [0.2, 0.25) is 0 Å². The molecule has 1 nitrogen and oxygen atoms in total. The lowest BCUT2D eigenvalue weighted by molar-refractivity contribution is 0.361. The van der Waals surface area contributed by atoms with Crippen LogP contribution in [0, 0.1) is 5.82 Å². The number of aliphatic hydroxyl groups is 1. The van der Waals surface area contributed by atoms with Crippen molar-refractivity contribution in [3.8, 4) is 0 Å². The van der Waals surface area contributed by atoms with E-state index in [0.29, 0.717) is 9.52 Å². The SMILES string of the molecule is CC(C)([Si]CO)c1cccc(F)c1. The van der Waals surface area contributed by atoms with Gasteiger partial charge in [0.1, 0.15) is 5.82 Å². The maximum absolute atomic E-state index is 12.9. The molecule has 0 saturated carbocycles. The molecule has 0 amide bonds. The van der Waals surface area contributed by atoms with Gasteiger partial charge in [0.2, 0.25) is 0 Å². The van der Waals surface area contributed by atoms with Gasteiger partial charge in [-0.1, -0.05) is 26.0 Å². The summed E-state index contributed by atoms with van der Waals surface area (Å²) in [6.45, 7) is 4.02. The van der Waals surface area contributed by atoms with Crippen molar-refractivity contribution in [2.75, 3.05) is 6.23 Å². The van der Waals surface area contributed by atoms with E-state index < -0.39 is 0 Å². The summed E-state index contributed by atoms with van der Waals surface area (Å²) in [6, 6.07) is 6.56. The van der Waals surface area contributed by atoms with Gasteiger partial charge in [0.25, 0.3) is 0 Å². The van der Waals surface area contributed by atoms with Crippen molar-refractivity contribution in [3.63, 3.8) is 0 Å². The molecule has 0 saturated heterocycles. The Hall–Kier alpha value is -0.673. The zero-order valence-electron chi connectivity index (χ0n) is 7.84. The van der Waals surface area contributed by atoms with Gasteiger partial charge in [-0.25, -0.2) is 4.39 Å². The average molecular weight is 196 g/mol. The molecule has 1 aromatic rings. The summed E-state index contributed by atoms with van der Waals surface area (Å²) in [5.41, 5.74) is 0.944. The molecule has 0 fully saturated rings. The molecule has 0 aromatic heterocycles. The lowest BCUT2D eigenvalue weighted by Crippen LogP contribution is -2.28. The van der Waals surface area contributed by atoms with Crippen LogP contribution in [0.4, 0.5) is 4.39 Å². The molecular weight excluding hydrogens is 183 g/mol. The van der Waals surface area contributed by atoms with Crippen LogP contribution >= 0.6 is 0 Å². The van der Waals surface area contributed by atoms with Crippen LogP contribution < -0.4 is 0 Å². The predicted octanol–water partition coefficient (Wildman–Crippen LogP) is 1.71. The Morgan fingerprint density at radius 2 is 2.15 bits per heavy atom. The molecule has 1 rings (SSSR count). The van der Waals surface area contributed by atoms with Gasteiger partial charge >= 0.3 is 0 Å². The lowest BCUT2D eigenvalue weighted by atomic mass is 10.0. The van der Waals surface area contributed by atoms with Crippen LogP contribution in [-0.2, 0) is 5.04 Å². The van der Waals surface area contributed by atoms with Crippen LogP contribution in [0.25, 0.3) is 0 Å². The zero-order valence-corrected chi connectivity index (χ0v) is 8.84. The Bertz CT molecular complexity index is 286. The van der Waals surface area contributed by atoms with Gasteiger partial charge in [-0.15, -0.1) is 0 Å². The van der Waals surface area contributed by atoms with E-state index in [-0.39, 0.29) is 17.1 Å². The van der Waals surface area contributed by atoms with Gasteiger partial charge in [-0.2, -0.15) is 0 Å². The van der Waals surface area contributed by atoms with Crippen molar-refractivity contribution in [2.24, 2.45) is 0 Å². The first-order valence-corrected chi connectivity index (χ1v) is 5.39. The molecule has 0 aliphatic heterocycles. The predicted molar refractivity (Wildman–Crippen MR) is 52.3 cm³/mol. The van der Waals surface area contributed by atoms with E-state index in [0.717, 1.165) is 5.56 Å². The third-order valence-corrected chi connectivity index (χ3v) is 3.40. The average Bonchev–Trinajstić information content (AvgIpc) is 2.04. The lowest BCUT2D eigenvalue weighted by Gasteiger charge is -2.23. The Balaban J connectivity index is 2.93. The second-order valence-electron chi connectivity index (χ2n) is 3.47. The summed E-state index contributed by atoms with van der Waals surface area (Å²) >= 11 is 0. The topological polar surface area (TPSA) is 20.2 Å². The van der Waals surface area contributed by atoms with Gasteiger partial charge in [-0.3, -0.25) is 0 Å². The third-order valence-electron chi connectivity index (χ3n) is 2.07. The summed E-state index contributed by atoms with van der Waals surface area (Å²) in [5, 5.41) is 8.72. The number of hydrogen-bond donors (Lipinski definition) is 1. The Morgan fingerprint density at radius 3 is 2.69 bits per heavy atom. The molecule has 13 heavy (non-hydrogen) atoms. The van der Waals surface area contributed by atoms with E-state index in [1.807, 2.05) is 19.9 Å². The molecule has 1 N–H and O–H groups in total. The summed E-state index contributed by atoms with van der Waals surface area (Å²) < 4.78 is 12.9. The molecule has 0 aliphatic carbocycles. The number of rotatable bonds is 3. The molecule has 0 bridgehead atoms. The minimum atomic E-state index is -0.215. The normalized spacial score (nSPS) is 11.7. The van der Waals surface area contributed by atoms with Crippen LogP contribution in [0.5, 0.6) is 0 Å². The van der Waals surface area contributed by atoms with Gasteiger partial charge in [-0.05, 0) is 22.7 Å². The van der Waals surface area contributed by atoms with Crippen molar-refractivity contribution in [1.82, 2.24) is 0 Å². The van der Waals surface area contributed by atoms with E-state index in [9.17, 15) is 4.39 Å². The molecule has 0 aliphatic rings. The third kappa shape index (κ3) is 2.64. The minimum Gasteiger partial charge on any atom is -0.400 e. The fraction of sp³-hybridized carbons (Fsp3) is 0.400. The molecule has 2 radical (unpaired) electrons. The molecule has 0 atom stereocenters. The Labute approximate surface area is 80.4 Å². The van der Waals surface area contributed by atoms with Crippen molar-refractivity contribution < 1.29 is 9.50 Å². The number of hydrogen-bond acceptors (Lipinski definition) is 1. The van der Waals surface area contributed by atoms with Gasteiger partial charge in [0, 0.05) is 6.23 Å². The van der Waals surface area contributed by atoms with Crippen molar-refractivity contribution in [3.05, 3.63) is 35.6 Å². The summed E-state index contributed by atoms with van der Waals surface area (Å²) in [6.07, 6.45) is 0.156. The highest BCUT2D eigenvalue weighted by Gasteiger charge is 2.20. The van der Waals surface area contributed by atoms with Crippen molar-refractivity contribution in [2.45, 2.75) is 18.9 Å². The zero-order chi connectivity index (χ0) is 9.90. The molecule has 0 spiro atoms. The molecule has 3 heteroatoms. The smallest absolute Gasteiger partial charge is 0.123 e. The quantitative estimate of drug-likeness (QED) is 0.730. The Morgan fingerprint density at radius 1 is 1.46 bits per heavy atom. The summed E-state index contributed by atoms with van der Waals surface area (Å²) in [5.74, 6) is -0.215. The number of halogens is 1. The first-order valence-electron chi connectivity index (χ1n) is 4.18. The van der Waals surface area contributed by atoms with Gasteiger partial charge in [0.05, 0.1) is 9.52 Å². The van der Waals surface area contributed by atoms with Gasteiger partial charge in [0.15, 0.2) is 0 Å². The van der Waals surface area contributed by atoms with Crippen LogP contribution in [0.3, 0.4) is 0 Å². The van der Waals surface area contributed by atoms with E-state index >= 15 is 0 Å². The minimum absolute atomic E-state index is 0.128. The second kappa shape index (κ2) is 4.02. The molecular formula is C10H13FOSi. The van der Waals surface area contributed by atoms with E-state index in [1.165, 1.54) is 12.1 Å². The van der Waals surface area contributed by atoms with Gasteiger partial charge < -0.3 is 5.11 Å². The van der Waals surface area contributed by atoms with Crippen molar-refractivity contribution in [1.29, 1.82) is 0 Å². The van der Waals surface area contributed by atoms with E-state index in [1.54, 1.807) is 6.07 Å². The summed E-state index contributed by atoms with van der Waals surface area (Å²) in [4.78, 5) is 0. The monoisotopic (exact) mass is 196 g/mol. The highest BCUT2D eigenvalue weighted by Crippen LogP contribution is 2.21. The van der Waals surface area contributed by atoms with Crippen LogP contribution in [0.1, 0.15) is 19.4 Å². The number of benzene rings is 1. The Kier molecular flexibility index (Phi) is 3.22. The largest absolute Gasteiger partial charge is 0.400 e. The van der Waals surface area contributed by atoms with E-state index in [4.69, 9.17) is 5.11 Å². The molecule has 70 valence electrons. The highest BCUT2D eigenvalue weighted by atomic mass is 28.2. The van der Waals surface area contributed by atoms with E-state index in [2.05, 4.69) is 0 Å². The highest BCUT2D eigenvalue weighted by molar-refractivity contribution is 6.39. The first kappa shape index (κ1) is 10.4. The molecule has 1 aromatic carbocycles. The van der Waals surface area contributed by atoms with Crippen LogP contribution in [-0.4, -0.2) is 20.9 Å². The standard InChI is InChI=1S/C10H13FOSi/c1-10(2,13-7-12)8-4-3-5-9(11)6-8/h3-6,12H,7H2,1-2H3. The number of aliphatic hydroxyl groups excluding tert-OH is 1. The molecule has 0 heterocycles. The van der Waals surface area contributed by atoms with Crippen molar-refractivity contribution >= 4 is 9.52 Å². The molecule has 0 unspecified atom stereocenters. The summed E-state index contributed by atoms with van der Waals surface area (Å²) in [7, 11) is 0.404. The first-order chi connectivity index (χ1) is 6.06. The van der Waals surface area contributed by atoms with Crippen LogP contribution in [0.15, 0.2) is 24.3 Å². The second-order valence-corrected chi connectivity index (χ2v) is 5.39. The fourth-order valence-corrected chi connectivity index (χ4v) is 1.93.